The van der Waals surface area contributed by atoms with E-state index >= 15 is 0 Å². The average molecular weight is 303 g/mol. The Morgan fingerprint density at radius 1 is 1.53 bits per heavy atom. The number of nitrogens with zero attached hydrogens (tertiary/aromatic N) is 3. The summed E-state index contributed by atoms with van der Waals surface area (Å²) in [5, 5.41) is 7.54. The lowest BCUT2D eigenvalue weighted by molar-refractivity contribution is 0.0665. The molecule has 3 rings (SSSR count). The Morgan fingerprint density at radius 3 is 3.16 bits per heavy atom. The topological polar surface area (TPSA) is 58.1 Å². The Kier molecular flexibility index (Phi) is 4.76. The molecule has 1 amide bonds. The number of carbonyl (C=O) groups excluding carboxylic acids is 1. The molecule has 1 aromatic rings. The zero-order valence-corrected chi connectivity index (χ0v) is 12.6. The van der Waals surface area contributed by atoms with Crippen LogP contribution in [-0.2, 0) is 6.42 Å². The number of fused-ring (bicyclic) bond motifs is 1. The van der Waals surface area contributed by atoms with Crippen LogP contribution in [0.15, 0.2) is 0 Å². The number of carbonyl (C=O) groups is 1. The number of hydrogen-bond acceptors (Lipinski definition) is 5. The number of rotatable bonds is 2. The van der Waals surface area contributed by atoms with Gasteiger partial charge in [-0.25, -0.2) is 0 Å². The lowest BCUT2D eigenvalue weighted by Gasteiger charge is -2.34. The molecule has 0 bridgehead atoms. The summed E-state index contributed by atoms with van der Waals surface area (Å²) in [5.41, 5.74) is 0.844. The molecule has 0 aliphatic carbocycles. The van der Waals surface area contributed by atoms with Crippen LogP contribution >= 0.6 is 23.9 Å². The molecule has 1 N–H and O–H groups in total. The third kappa shape index (κ3) is 2.75. The van der Waals surface area contributed by atoms with E-state index in [0.717, 1.165) is 43.0 Å². The fourth-order valence-electron chi connectivity index (χ4n) is 2.98. The van der Waals surface area contributed by atoms with Gasteiger partial charge in [-0.1, -0.05) is 11.4 Å². The van der Waals surface area contributed by atoms with Crippen molar-refractivity contribution >= 4 is 29.8 Å². The van der Waals surface area contributed by atoms with Gasteiger partial charge in [-0.2, -0.15) is 0 Å². The highest BCUT2D eigenvalue weighted by atomic mass is 35.5. The molecular weight excluding hydrogens is 284 g/mol. The fraction of sp³-hybridized carbons (Fsp3) is 0.750. The minimum Gasteiger partial charge on any atom is -0.337 e. The standard InChI is InChI=1S/C12H18N4OS.ClH/c1-2-9-11(18-15-14-9)12(17)16-6-4-10-8(7-16)3-5-13-10;/h8,10,13H,2-7H2,1H3;1H. The maximum absolute atomic E-state index is 12.5. The minimum absolute atomic E-state index is 0. The normalized spacial score (nSPS) is 25.8. The van der Waals surface area contributed by atoms with Gasteiger partial charge in [-0.15, -0.1) is 17.5 Å². The number of amides is 1. The van der Waals surface area contributed by atoms with Gasteiger partial charge in [-0.05, 0) is 43.3 Å². The van der Waals surface area contributed by atoms with Gasteiger partial charge in [0, 0.05) is 19.1 Å². The quantitative estimate of drug-likeness (QED) is 0.896. The summed E-state index contributed by atoms with van der Waals surface area (Å²) in [6.45, 7) is 4.85. The van der Waals surface area contributed by atoms with Crippen LogP contribution in [0.5, 0.6) is 0 Å². The molecule has 0 saturated carbocycles. The summed E-state index contributed by atoms with van der Waals surface area (Å²) in [6.07, 6.45) is 3.04. The van der Waals surface area contributed by atoms with E-state index in [4.69, 9.17) is 0 Å². The van der Waals surface area contributed by atoms with Crippen molar-refractivity contribution in [3.8, 4) is 0 Å². The number of nitrogens with one attached hydrogen (secondary N) is 1. The molecule has 19 heavy (non-hydrogen) atoms. The molecule has 1 aromatic heterocycles. The van der Waals surface area contributed by atoms with Crippen molar-refractivity contribution in [3.63, 3.8) is 0 Å². The number of likely N-dealkylation sites (tertiary alicyclic amines) is 1. The second kappa shape index (κ2) is 6.15. The Labute approximate surface area is 123 Å². The van der Waals surface area contributed by atoms with E-state index < -0.39 is 0 Å². The molecule has 2 unspecified atom stereocenters. The highest BCUT2D eigenvalue weighted by Crippen LogP contribution is 2.26. The fourth-order valence-corrected chi connectivity index (χ4v) is 3.70. The number of aromatic nitrogens is 2. The lowest BCUT2D eigenvalue weighted by Crippen LogP contribution is -2.46. The van der Waals surface area contributed by atoms with Crippen molar-refractivity contribution in [2.24, 2.45) is 5.92 Å². The Balaban J connectivity index is 0.00000133. The summed E-state index contributed by atoms with van der Waals surface area (Å²) in [7, 11) is 0. The van der Waals surface area contributed by atoms with Crippen LogP contribution in [-0.4, -0.2) is 46.1 Å². The van der Waals surface area contributed by atoms with Crippen molar-refractivity contribution in [1.82, 2.24) is 19.8 Å². The van der Waals surface area contributed by atoms with E-state index in [1.54, 1.807) is 0 Å². The molecule has 2 aliphatic heterocycles. The molecule has 0 aromatic carbocycles. The van der Waals surface area contributed by atoms with Crippen LogP contribution in [0.4, 0.5) is 0 Å². The van der Waals surface area contributed by atoms with E-state index in [1.165, 1.54) is 18.0 Å². The minimum atomic E-state index is 0. The number of halogens is 1. The van der Waals surface area contributed by atoms with Gasteiger partial charge in [0.1, 0.15) is 4.88 Å². The van der Waals surface area contributed by atoms with Gasteiger partial charge in [-0.3, -0.25) is 4.79 Å². The van der Waals surface area contributed by atoms with E-state index in [1.807, 2.05) is 11.8 Å². The van der Waals surface area contributed by atoms with E-state index in [0.29, 0.717) is 12.0 Å². The van der Waals surface area contributed by atoms with E-state index in [9.17, 15) is 4.79 Å². The van der Waals surface area contributed by atoms with E-state index in [2.05, 4.69) is 14.9 Å². The van der Waals surface area contributed by atoms with Crippen LogP contribution in [0, 0.1) is 5.92 Å². The van der Waals surface area contributed by atoms with Crippen molar-refractivity contribution in [1.29, 1.82) is 0 Å². The Hall–Kier alpha value is -0.720. The van der Waals surface area contributed by atoms with Gasteiger partial charge < -0.3 is 10.2 Å². The first-order valence-electron chi connectivity index (χ1n) is 6.63. The second-order valence-electron chi connectivity index (χ2n) is 5.05. The summed E-state index contributed by atoms with van der Waals surface area (Å²) in [6, 6.07) is 0.624. The van der Waals surface area contributed by atoms with Gasteiger partial charge in [0.05, 0.1) is 5.69 Å². The zero-order valence-electron chi connectivity index (χ0n) is 11.0. The predicted molar refractivity (Wildman–Crippen MR) is 77.0 cm³/mol. The van der Waals surface area contributed by atoms with Crippen molar-refractivity contribution in [2.75, 3.05) is 19.6 Å². The SMILES string of the molecule is CCc1nnsc1C(=O)N1CCC2NCCC2C1.Cl. The Bertz CT molecular complexity index is 453. The van der Waals surface area contributed by atoms with Gasteiger partial charge in [0.15, 0.2) is 0 Å². The summed E-state index contributed by atoms with van der Waals surface area (Å²) in [5.74, 6) is 0.765. The molecule has 0 radical (unpaired) electrons. The van der Waals surface area contributed by atoms with Crippen molar-refractivity contribution in [3.05, 3.63) is 10.6 Å². The van der Waals surface area contributed by atoms with Crippen LogP contribution < -0.4 is 5.32 Å². The molecule has 106 valence electrons. The van der Waals surface area contributed by atoms with Gasteiger partial charge in [0.25, 0.3) is 5.91 Å². The molecular formula is C12H19ClN4OS. The number of hydrogen-bond donors (Lipinski definition) is 1. The summed E-state index contributed by atoms with van der Waals surface area (Å²) in [4.78, 5) is 15.2. The van der Waals surface area contributed by atoms with Crippen LogP contribution in [0.1, 0.15) is 35.1 Å². The first kappa shape index (κ1) is 14.7. The predicted octanol–water partition coefficient (Wildman–Crippen LogP) is 1.35. The van der Waals surface area contributed by atoms with Gasteiger partial charge >= 0.3 is 0 Å². The molecule has 5 nitrogen and oxygen atoms in total. The smallest absolute Gasteiger partial charge is 0.267 e. The van der Waals surface area contributed by atoms with Crippen LogP contribution in [0.2, 0.25) is 0 Å². The summed E-state index contributed by atoms with van der Waals surface area (Å²) < 4.78 is 3.91. The maximum atomic E-state index is 12.5. The monoisotopic (exact) mass is 302 g/mol. The third-order valence-corrected chi connectivity index (χ3v) is 4.78. The lowest BCUT2D eigenvalue weighted by atomic mass is 9.93. The van der Waals surface area contributed by atoms with Gasteiger partial charge in [0.2, 0.25) is 0 Å². The molecule has 2 aliphatic rings. The molecule has 2 fully saturated rings. The summed E-state index contributed by atoms with van der Waals surface area (Å²) >= 11 is 1.23. The molecule has 7 heteroatoms. The molecule has 2 atom stereocenters. The molecule has 3 heterocycles. The molecule has 0 spiro atoms. The van der Waals surface area contributed by atoms with E-state index in [-0.39, 0.29) is 18.3 Å². The second-order valence-corrected chi connectivity index (χ2v) is 5.81. The highest BCUT2D eigenvalue weighted by Gasteiger charge is 2.35. The largest absolute Gasteiger partial charge is 0.337 e. The zero-order chi connectivity index (χ0) is 12.5. The first-order valence-corrected chi connectivity index (χ1v) is 7.40. The van der Waals surface area contributed by atoms with Crippen molar-refractivity contribution < 1.29 is 4.79 Å². The first-order chi connectivity index (χ1) is 8.79. The van der Waals surface area contributed by atoms with Crippen molar-refractivity contribution in [2.45, 2.75) is 32.2 Å². The number of aryl methyl sites for hydroxylation is 1. The van der Waals surface area contributed by atoms with Crippen LogP contribution in [0.3, 0.4) is 0 Å². The Morgan fingerprint density at radius 2 is 2.37 bits per heavy atom. The molecule has 2 saturated heterocycles. The average Bonchev–Trinajstić information content (AvgIpc) is 3.05. The van der Waals surface area contributed by atoms with Crippen LogP contribution in [0.25, 0.3) is 0 Å². The third-order valence-electron chi connectivity index (χ3n) is 4.03. The number of piperidine rings is 1. The maximum Gasteiger partial charge on any atom is 0.267 e. The highest BCUT2D eigenvalue weighted by molar-refractivity contribution is 7.08.